The van der Waals surface area contributed by atoms with Crippen molar-refractivity contribution >= 4 is 34.3 Å². The van der Waals surface area contributed by atoms with Crippen LogP contribution in [0.5, 0.6) is 0 Å². The standard InChI is InChI=1S/C22H15ClF2N4/c1-12-7-14(13(2)29(12)17-4-5-19(25)18(23)10-17)8-15(11-26)22-27-20-6-3-16(24)9-21(20)28-22/h3-10H,1-2H3,(H,27,28)/b15-8-. The number of hydrogen-bond donors (Lipinski definition) is 1. The van der Waals surface area contributed by atoms with Crippen molar-refractivity contribution in [2.24, 2.45) is 0 Å². The van der Waals surface area contributed by atoms with Gasteiger partial charge in [0.2, 0.25) is 0 Å². The van der Waals surface area contributed by atoms with Gasteiger partial charge < -0.3 is 9.55 Å². The lowest BCUT2D eigenvalue weighted by Gasteiger charge is -2.10. The van der Waals surface area contributed by atoms with Gasteiger partial charge in [-0.3, -0.25) is 0 Å². The van der Waals surface area contributed by atoms with E-state index >= 15 is 0 Å². The molecule has 0 fully saturated rings. The molecule has 0 aliphatic heterocycles. The normalized spacial score (nSPS) is 11.8. The summed E-state index contributed by atoms with van der Waals surface area (Å²) in [5.41, 5.74) is 4.72. The van der Waals surface area contributed by atoms with E-state index in [0.717, 1.165) is 22.6 Å². The van der Waals surface area contributed by atoms with Crippen LogP contribution >= 0.6 is 11.6 Å². The molecule has 0 aliphatic carbocycles. The van der Waals surface area contributed by atoms with Gasteiger partial charge in [0.15, 0.2) is 0 Å². The molecule has 4 rings (SSSR count). The van der Waals surface area contributed by atoms with Crippen LogP contribution in [0.1, 0.15) is 22.8 Å². The molecule has 0 aliphatic rings. The minimum atomic E-state index is -0.480. The first-order chi connectivity index (χ1) is 13.9. The number of imidazole rings is 1. The van der Waals surface area contributed by atoms with Crippen LogP contribution in [0.3, 0.4) is 0 Å². The number of aromatic nitrogens is 3. The smallest absolute Gasteiger partial charge is 0.149 e. The Bertz CT molecular complexity index is 1320. The minimum Gasteiger partial charge on any atom is -0.337 e. The first-order valence-corrected chi connectivity index (χ1v) is 9.17. The van der Waals surface area contributed by atoms with Crippen LogP contribution < -0.4 is 0 Å². The average molecular weight is 409 g/mol. The molecule has 0 unspecified atom stereocenters. The quantitative estimate of drug-likeness (QED) is 0.425. The molecule has 0 spiro atoms. The number of aryl methyl sites for hydroxylation is 1. The van der Waals surface area contributed by atoms with Crippen molar-refractivity contribution in [3.05, 3.63) is 81.9 Å². The summed E-state index contributed by atoms with van der Waals surface area (Å²) < 4.78 is 28.9. The van der Waals surface area contributed by atoms with Crippen molar-refractivity contribution < 1.29 is 8.78 Å². The Hall–Kier alpha value is -3.43. The lowest BCUT2D eigenvalue weighted by molar-refractivity contribution is 0.627. The van der Waals surface area contributed by atoms with Gasteiger partial charge >= 0.3 is 0 Å². The molecule has 0 atom stereocenters. The number of hydrogen-bond acceptors (Lipinski definition) is 2. The van der Waals surface area contributed by atoms with E-state index in [4.69, 9.17) is 11.6 Å². The number of rotatable bonds is 3. The minimum absolute atomic E-state index is 0.0410. The Morgan fingerprint density at radius 1 is 1.17 bits per heavy atom. The van der Waals surface area contributed by atoms with Crippen LogP contribution in [0.15, 0.2) is 42.5 Å². The maximum absolute atomic E-state index is 13.5. The summed E-state index contributed by atoms with van der Waals surface area (Å²) >= 11 is 5.93. The monoisotopic (exact) mass is 408 g/mol. The summed E-state index contributed by atoms with van der Waals surface area (Å²) in [5, 5.41) is 9.69. The van der Waals surface area contributed by atoms with Crippen molar-refractivity contribution in [2.75, 3.05) is 0 Å². The summed E-state index contributed by atoms with van der Waals surface area (Å²) in [4.78, 5) is 7.37. The number of benzene rings is 2. The molecule has 0 radical (unpaired) electrons. The van der Waals surface area contributed by atoms with Gasteiger partial charge in [0, 0.05) is 17.1 Å². The molecule has 0 saturated heterocycles. The number of nitrogens with one attached hydrogen (secondary N) is 1. The number of fused-ring (bicyclic) bond motifs is 1. The third-order valence-corrected chi connectivity index (χ3v) is 5.04. The second-order valence-electron chi connectivity index (χ2n) is 6.68. The number of aromatic amines is 1. The summed E-state index contributed by atoms with van der Waals surface area (Å²) in [6, 6.07) is 12.8. The van der Waals surface area contributed by atoms with E-state index in [9.17, 15) is 14.0 Å². The predicted molar refractivity (Wildman–Crippen MR) is 110 cm³/mol. The molecule has 0 saturated carbocycles. The predicted octanol–water partition coefficient (Wildman–Crippen LogP) is 5.97. The van der Waals surface area contributed by atoms with Gasteiger partial charge in [-0.15, -0.1) is 0 Å². The zero-order valence-electron chi connectivity index (χ0n) is 15.6. The fourth-order valence-electron chi connectivity index (χ4n) is 3.37. The molecule has 1 N–H and O–H groups in total. The summed E-state index contributed by atoms with van der Waals surface area (Å²) in [6.07, 6.45) is 1.72. The Labute approximate surface area is 170 Å². The number of nitriles is 1. The Balaban J connectivity index is 1.80. The molecule has 4 nitrogen and oxygen atoms in total. The second-order valence-corrected chi connectivity index (χ2v) is 7.08. The van der Waals surface area contributed by atoms with E-state index < -0.39 is 5.82 Å². The van der Waals surface area contributed by atoms with Crippen LogP contribution in [0, 0.1) is 36.8 Å². The summed E-state index contributed by atoms with van der Waals surface area (Å²) in [6.45, 7) is 3.82. The maximum Gasteiger partial charge on any atom is 0.149 e. The highest BCUT2D eigenvalue weighted by Crippen LogP contribution is 2.27. The lowest BCUT2D eigenvalue weighted by atomic mass is 10.1. The van der Waals surface area contributed by atoms with Gasteiger partial charge in [-0.1, -0.05) is 11.6 Å². The number of nitrogens with zero attached hydrogens (tertiary/aromatic N) is 3. The van der Waals surface area contributed by atoms with Crippen LogP contribution in [0.2, 0.25) is 5.02 Å². The van der Waals surface area contributed by atoms with Crippen molar-refractivity contribution in [3.8, 4) is 11.8 Å². The van der Waals surface area contributed by atoms with E-state index in [2.05, 4.69) is 16.0 Å². The van der Waals surface area contributed by atoms with Crippen molar-refractivity contribution in [3.63, 3.8) is 0 Å². The third-order valence-electron chi connectivity index (χ3n) is 4.75. The van der Waals surface area contributed by atoms with Crippen LogP contribution in [-0.2, 0) is 0 Å². The molecule has 29 heavy (non-hydrogen) atoms. The zero-order valence-corrected chi connectivity index (χ0v) is 16.4. The topological polar surface area (TPSA) is 57.4 Å². The number of allylic oxidation sites excluding steroid dienone is 1. The van der Waals surface area contributed by atoms with Crippen LogP contribution in [0.25, 0.3) is 28.4 Å². The van der Waals surface area contributed by atoms with E-state index in [1.807, 2.05) is 24.5 Å². The van der Waals surface area contributed by atoms with Gasteiger partial charge in [-0.25, -0.2) is 13.8 Å². The van der Waals surface area contributed by atoms with E-state index in [-0.39, 0.29) is 10.8 Å². The molecule has 4 aromatic rings. The molecular formula is C22H15ClF2N4. The first kappa shape index (κ1) is 18.9. The fourth-order valence-corrected chi connectivity index (χ4v) is 3.55. The van der Waals surface area contributed by atoms with E-state index in [0.29, 0.717) is 22.4 Å². The lowest BCUT2D eigenvalue weighted by Crippen LogP contribution is -1.99. The van der Waals surface area contributed by atoms with Gasteiger partial charge in [0.1, 0.15) is 23.5 Å². The van der Waals surface area contributed by atoms with Crippen LogP contribution in [-0.4, -0.2) is 14.5 Å². The highest BCUT2D eigenvalue weighted by molar-refractivity contribution is 6.30. The van der Waals surface area contributed by atoms with Gasteiger partial charge in [0.05, 0.1) is 21.6 Å². The highest BCUT2D eigenvalue weighted by Gasteiger charge is 2.14. The SMILES string of the molecule is Cc1cc(/C=C(/C#N)c2nc3ccc(F)cc3[nH]2)c(C)n1-c1ccc(F)c(Cl)c1. The van der Waals surface area contributed by atoms with Gasteiger partial charge in [0.25, 0.3) is 0 Å². The Kier molecular flexibility index (Phi) is 4.69. The fraction of sp³-hybridized carbons (Fsp3) is 0.0909. The summed E-state index contributed by atoms with van der Waals surface area (Å²) in [7, 11) is 0. The Morgan fingerprint density at radius 3 is 2.69 bits per heavy atom. The van der Waals surface area contributed by atoms with Gasteiger partial charge in [-0.05, 0) is 68.0 Å². The largest absolute Gasteiger partial charge is 0.337 e. The molecule has 0 bridgehead atoms. The van der Waals surface area contributed by atoms with Crippen molar-refractivity contribution in [1.29, 1.82) is 5.26 Å². The molecule has 2 heterocycles. The summed E-state index contributed by atoms with van der Waals surface area (Å²) in [5.74, 6) is -0.495. The van der Waals surface area contributed by atoms with Crippen molar-refractivity contribution in [1.82, 2.24) is 14.5 Å². The van der Waals surface area contributed by atoms with Crippen LogP contribution in [0.4, 0.5) is 8.78 Å². The van der Waals surface area contributed by atoms with E-state index in [1.54, 1.807) is 24.3 Å². The van der Waals surface area contributed by atoms with Crippen molar-refractivity contribution in [2.45, 2.75) is 13.8 Å². The average Bonchev–Trinajstić information content (AvgIpc) is 3.22. The third kappa shape index (κ3) is 3.41. The second kappa shape index (κ2) is 7.19. The molecule has 2 aromatic carbocycles. The zero-order chi connectivity index (χ0) is 20.7. The number of H-pyrrole nitrogens is 1. The molecule has 144 valence electrons. The molecule has 7 heteroatoms. The maximum atomic E-state index is 13.5. The molecule has 0 amide bonds. The van der Waals surface area contributed by atoms with E-state index in [1.165, 1.54) is 18.2 Å². The number of halogens is 3. The highest BCUT2D eigenvalue weighted by atomic mass is 35.5. The first-order valence-electron chi connectivity index (χ1n) is 8.79. The molecular weight excluding hydrogens is 394 g/mol. The Morgan fingerprint density at radius 2 is 1.97 bits per heavy atom. The van der Waals surface area contributed by atoms with Gasteiger partial charge in [-0.2, -0.15) is 5.26 Å². The molecule has 2 aromatic heterocycles.